The second-order valence-electron chi connectivity index (χ2n) is 5.56. The third kappa shape index (κ3) is 7.74. The largest absolute Gasteiger partial charge is 0.480 e. The molecule has 0 aliphatic heterocycles. The van der Waals surface area contributed by atoms with Crippen LogP contribution in [0.3, 0.4) is 0 Å². The summed E-state index contributed by atoms with van der Waals surface area (Å²) in [4.78, 5) is 22.4. The van der Waals surface area contributed by atoms with Crippen molar-refractivity contribution in [3.05, 3.63) is 0 Å². The minimum atomic E-state index is -0.878. The molecular weight excluding hydrogens is 220 g/mol. The summed E-state index contributed by atoms with van der Waals surface area (Å²) >= 11 is 0. The van der Waals surface area contributed by atoms with Gasteiger partial charge in [0.1, 0.15) is 6.04 Å². The van der Waals surface area contributed by atoms with E-state index in [1.807, 2.05) is 34.6 Å². The average Bonchev–Trinajstić information content (AvgIpc) is 2.07. The van der Waals surface area contributed by atoms with E-state index in [2.05, 4.69) is 10.6 Å². The van der Waals surface area contributed by atoms with E-state index in [1.165, 1.54) is 0 Å². The fraction of sp³-hybridized carbons (Fsp3) is 0.833. The van der Waals surface area contributed by atoms with E-state index in [4.69, 9.17) is 5.11 Å². The lowest BCUT2D eigenvalue weighted by molar-refractivity contribution is -0.140. The molecule has 0 radical (unpaired) electrons. The summed E-state index contributed by atoms with van der Waals surface area (Å²) in [5.41, 5.74) is -0.249. The Morgan fingerprint density at radius 2 is 1.76 bits per heavy atom. The molecule has 1 amide bonds. The van der Waals surface area contributed by atoms with E-state index in [0.717, 1.165) is 0 Å². The summed E-state index contributed by atoms with van der Waals surface area (Å²) in [6, 6.07) is -0.600. The smallest absolute Gasteiger partial charge is 0.320 e. The van der Waals surface area contributed by atoms with Crippen molar-refractivity contribution < 1.29 is 14.7 Å². The maximum absolute atomic E-state index is 11.5. The molecule has 0 saturated heterocycles. The number of hydrogen-bond donors (Lipinski definition) is 3. The van der Waals surface area contributed by atoms with Gasteiger partial charge in [-0.3, -0.25) is 9.59 Å². The van der Waals surface area contributed by atoms with Crippen LogP contribution >= 0.6 is 0 Å². The molecule has 0 aromatic carbocycles. The number of carboxylic acid groups (broad SMARTS) is 1. The lowest BCUT2D eigenvalue weighted by Gasteiger charge is -2.21. The Morgan fingerprint density at radius 3 is 2.12 bits per heavy atom. The highest BCUT2D eigenvalue weighted by atomic mass is 16.4. The molecule has 0 aliphatic rings. The highest BCUT2D eigenvalue weighted by Crippen LogP contribution is 2.02. The fourth-order valence-corrected chi connectivity index (χ4v) is 1.43. The van der Waals surface area contributed by atoms with Gasteiger partial charge in [-0.05, 0) is 26.7 Å². The maximum Gasteiger partial charge on any atom is 0.320 e. The summed E-state index contributed by atoms with van der Waals surface area (Å²) in [5.74, 6) is -0.952. The molecule has 0 aromatic rings. The van der Waals surface area contributed by atoms with E-state index in [9.17, 15) is 9.59 Å². The molecule has 0 spiro atoms. The normalized spacial score (nSPS) is 13.5. The van der Waals surface area contributed by atoms with Gasteiger partial charge in [0.05, 0.1) is 0 Å². The number of carboxylic acids is 1. The van der Waals surface area contributed by atoms with Crippen molar-refractivity contribution in [3.8, 4) is 0 Å². The molecular formula is C12H24N2O3. The van der Waals surface area contributed by atoms with Gasteiger partial charge in [0.25, 0.3) is 0 Å². The highest BCUT2D eigenvalue weighted by Gasteiger charge is 2.21. The number of hydrogen-bond acceptors (Lipinski definition) is 3. The molecule has 0 fully saturated rings. The Kier molecular flexibility index (Phi) is 6.16. The molecule has 5 heteroatoms. The number of aliphatic carboxylic acids is 1. The first-order chi connectivity index (χ1) is 7.63. The quantitative estimate of drug-likeness (QED) is 0.651. The van der Waals surface area contributed by atoms with Crippen molar-refractivity contribution in [2.24, 2.45) is 5.92 Å². The first kappa shape index (κ1) is 15.9. The number of carbonyl (C=O) groups excluding carboxylic acids is 1. The summed E-state index contributed by atoms with van der Waals surface area (Å²) in [6.45, 7) is 9.77. The van der Waals surface area contributed by atoms with Crippen LogP contribution in [0.1, 0.15) is 41.0 Å². The van der Waals surface area contributed by atoms with Gasteiger partial charge in [-0.1, -0.05) is 13.8 Å². The standard InChI is InChI=1S/C12H24N2O3/c1-8(2)10(11(16)17)13-7-6-9(15)14-12(3,4)5/h8,10,13H,6-7H2,1-5H3,(H,14,15)(H,16,17). The van der Waals surface area contributed by atoms with Crippen LogP contribution in [0.5, 0.6) is 0 Å². The van der Waals surface area contributed by atoms with E-state index in [1.54, 1.807) is 0 Å². The predicted octanol–water partition coefficient (Wildman–Crippen LogP) is 0.990. The van der Waals surface area contributed by atoms with Crippen LogP contribution in [0.15, 0.2) is 0 Å². The third-order valence-corrected chi connectivity index (χ3v) is 2.16. The van der Waals surface area contributed by atoms with Gasteiger partial charge in [-0.2, -0.15) is 0 Å². The molecule has 1 atom stereocenters. The molecule has 0 bridgehead atoms. The number of amides is 1. The summed E-state index contributed by atoms with van der Waals surface area (Å²) in [7, 11) is 0. The lowest BCUT2D eigenvalue weighted by atomic mass is 10.0. The molecule has 17 heavy (non-hydrogen) atoms. The minimum Gasteiger partial charge on any atom is -0.480 e. The van der Waals surface area contributed by atoms with Crippen molar-refractivity contribution >= 4 is 11.9 Å². The zero-order chi connectivity index (χ0) is 13.6. The highest BCUT2D eigenvalue weighted by molar-refractivity contribution is 5.77. The van der Waals surface area contributed by atoms with Gasteiger partial charge in [-0.25, -0.2) is 0 Å². The Balaban J connectivity index is 3.98. The van der Waals surface area contributed by atoms with Gasteiger partial charge in [0.15, 0.2) is 0 Å². The van der Waals surface area contributed by atoms with Crippen LogP contribution in [0.2, 0.25) is 0 Å². The van der Waals surface area contributed by atoms with Gasteiger partial charge in [0.2, 0.25) is 5.91 Å². The molecule has 1 unspecified atom stereocenters. The van der Waals surface area contributed by atoms with Gasteiger partial charge >= 0.3 is 5.97 Å². The summed E-state index contributed by atoms with van der Waals surface area (Å²) in [5, 5.41) is 14.6. The predicted molar refractivity (Wildman–Crippen MR) is 66.8 cm³/mol. The van der Waals surface area contributed by atoms with E-state index < -0.39 is 12.0 Å². The number of nitrogens with one attached hydrogen (secondary N) is 2. The molecule has 5 nitrogen and oxygen atoms in total. The second kappa shape index (κ2) is 6.59. The molecule has 3 N–H and O–H groups in total. The lowest BCUT2D eigenvalue weighted by Crippen LogP contribution is -2.45. The zero-order valence-electron chi connectivity index (χ0n) is 11.3. The Bertz CT molecular complexity index is 269. The van der Waals surface area contributed by atoms with Crippen LogP contribution in [-0.4, -0.2) is 35.1 Å². The van der Waals surface area contributed by atoms with Crippen LogP contribution in [0.4, 0.5) is 0 Å². The Labute approximate surface area is 103 Å². The summed E-state index contributed by atoms with van der Waals surface area (Å²) in [6.07, 6.45) is 0.285. The van der Waals surface area contributed by atoms with Crippen molar-refractivity contribution in [3.63, 3.8) is 0 Å². The first-order valence-electron chi connectivity index (χ1n) is 5.90. The third-order valence-electron chi connectivity index (χ3n) is 2.16. The molecule has 0 aliphatic carbocycles. The van der Waals surface area contributed by atoms with Crippen molar-refractivity contribution in [1.82, 2.24) is 10.6 Å². The van der Waals surface area contributed by atoms with Crippen LogP contribution in [0.25, 0.3) is 0 Å². The van der Waals surface area contributed by atoms with E-state index in [-0.39, 0.29) is 23.8 Å². The van der Waals surface area contributed by atoms with Crippen LogP contribution in [-0.2, 0) is 9.59 Å². The van der Waals surface area contributed by atoms with Crippen molar-refractivity contribution in [2.45, 2.75) is 52.6 Å². The molecule has 0 saturated carbocycles. The van der Waals surface area contributed by atoms with Gasteiger partial charge in [-0.15, -0.1) is 0 Å². The minimum absolute atomic E-state index is 0.00169. The van der Waals surface area contributed by atoms with E-state index in [0.29, 0.717) is 6.54 Å². The summed E-state index contributed by atoms with van der Waals surface area (Å²) < 4.78 is 0. The average molecular weight is 244 g/mol. The molecule has 0 heterocycles. The molecule has 100 valence electrons. The zero-order valence-corrected chi connectivity index (χ0v) is 11.3. The molecule has 0 aromatic heterocycles. The Hall–Kier alpha value is -1.10. The van der Waals surface area contributed by atoms with Gasteiger partial charge in [0, 0.05) is 18.5 Å². The maximum atomic E-state index is 11.5. The fourth-order valence-electron chi connectivity index (χ4n) is 1.43. The van der Waals surface area contributed by atoms with Gasteiger partial charge < -0.3 is 15.7 Å². The van der Waals surface area contributed by atoms with Crippen molar-refractivity contribution in [1.29, 1.82) is 0 Å². The number of carbonyl (C=O) groups is 2. The van der Waals surface area contributed by atoms with Crippen LogP contribution in [0, 0.1) is 5.92 Å². The molecule has 0 rings (SSSR count). The van der Waals surface area contributed by atoms with E-state index >= 15 is 0 Å². The van der Waals surface area contributed by atoms with Crippen molar-refractivity contribution in [2.75, 3.05) is 6.54 Å². The number of rotatable bonds is 6. The topological polar surface area (TPSA) is 78.4 Å². The monoisotopic (exact) mass is 244 g/mol. The second-order valence-corrected chi connectivity index (χ2v) is 5.56. The van der Waals surface area contributed by atoms with Crippen LogP contribution < -0.4 is 10.6 Å². The SMILES string of the molecule is CC(C)C(NCCC(=O)NC(C)(C)C)C(=O)O. The Morgan fingerprint density at radius 1 is 1.24 bits per heavy atom. The first-order valence-corrected chi connectivity index (χ1v) is 5.90.